The minimum atomic E-state index is -1.17. The highest BCUT2D eigenvalue weighted by molar-refractivity contribution is 5.86. The third-order valence-electron chi connectivity index (χ3n) is 1.82. The molecule has 0 aromatic heterocycles. The summed E-state index contributed by atoms with van der Waals surface area (Å²) in [5.41, 5.74) is 0.262. The number of rotatable bonds is 7. The van der Waals surface area contributed by atoms with Crippen LogP contribution >= 0.6 is 0 Å². The van der Waals surface area contributed by atoms with Gasteiger partial charge in [0.15, 0.2) is 0 Å². The zero-order valence-electron chi connectivity index (χ0n) is 10.9. The molecule has 8 heteroatoms. The summed E-state index contributed by atoms with van der Waals surface area (Å²) in [5, 5.41) is 12.9. The number of hydrogen-bond donors (Lipinski definition) is 3. The van der Waals surface area contributed by atoms with Crippen LogP contribution < -0.4 is 10.6 Å². The summed E-state index contributed by atoms with van der Waals surface area (Å²) in [6.07, 6.45) is -1.89. The molecule has 2 amide bonds. The van der Waals surface area contributed by atoms with Crippen molar-refractivity contribution in [1.82, 2.24) is 10.6 Å². The van der Waals surface area contributed by atoms with Crippen LogP contribution in [0.15, 0.2) is 12.2 Å². The zero-order valence-corrected chi connectivity index (χ0v) is 10.9. The van der Waals surface area contributed by atoms with Gasteiger partial charge in [0, 0.05) is 18.2 Å². The van der Waals surface area contributed by atoms with E-state index in [4.69, 9.17) is 14.6 Å². The Morgan fingerprint density at radius 2 is 1.84 bits per heavy atom. The molecule has 0 aliphatic heterocycles. The van der Waals surface area contributed by atoms with E-state index in [-0.39, 0.29) is 25.3 Å². The molecule has 8 nitrogen and oxygen atoms in total. The van der Waals surface area contributed by atoms with Gasteiger partial charge >= 0.3 is 18.2 Å². The fourth-order valence-electron chi connectivity index (χ4n) is 0.941. The van der Waals surface area contributed by atoms with E-state index >= 15 is 0 Å². The largest absolute Gasteiger partial charge is 0.465 e. The van der Waals surface area contributed by atoms with Gasteiger partial charge in [-0.2, -0.15) is 0 Å². The monoisotopic (exact) mass is 274 g/mol. The first-order valence-corrected chi connectivity index (χ1v) is 5.55. The molecule has 0 saturated carbocycles. The molecule has 0 saturated heterocycles. The van der Waals surface area contributed by atoms with E-state index in [0.29, 0.717) is 0 Å². The van der Waals surface area contributed by atoms with Gasteiger partial charge in [-0.1, -0.05) is 6.58 Å². The van der Waals surface area contributed by atoms with Gasteiger partial charge < -0.3 is 25.2 Å². The Morgan fingerprint density at radius 1 is 1.26 bits per heavy atom. The molecule has 0 fully saturated rings. The Bertz CT molecular complexity index is 355. The van der Waals surface area contributed by atoms with Gasteiger partial charge in [-0.15, -0.1) is 0 Å². The molecule has 1 unspecified atom stereocenters. The van der Waals surface area contributed by atoms with Gasteiger partial charge in [0.1, 0.15) is 13.2 Å². The number of carboxylic acid groups (broad SMARTS) is 1. The Labute approximate surface area is 110 Å². The number of esters is 1. The van der Waals surface area contributed by atoms with Crippen LogP contribution in [0.4, 0.5) is 9.59 Å². The first kappa shape index (κ1) is 16.8. The fraction of sp³-hybridized carbons (Fsp3) is 0.545. The number of carbonyl (C=O) groups is 3. The molecule has 0 bridgehead atoms. The van der Waals surface area contributed by atoms with Crippen LogP contribution in [0.3, 0.4) is 0 Å². The number of ether oxygens (including phenoxy) is 2. The molecule has 0 aliphatic rings. The van der Waals surface area contributed by atoms with E-state index in [2.05, 4.69) is 17.2 Å². The Kier molecular flexibility index (Phi) is 7.74. The van der Waals surface area contributed by atoms with Crippen LogP contribution in [-0.2, 0) is 14.3 Å². The van der Waals surface area contributed by atoms with Gasteiger partial charge in [0.05, 0.1) is 0 Å². The van der Waals surface area contributed by atoms with Crippen molar-refractivity contribution in [2.75, 3.05) is 19.8 Å². The maximum atomic E-state index is 11.1. The summed E-state index contributed by atoms with van der Waals surface area (Å²) in [6, 6.07) is -0.439. The molecular formula is C11H18N2O6. The normalized spacial score (nSPS) is 11.1. The van der Waals surface area contributed by atoms with Crippen LogP contribution in [0.25, 0.3) is 0 Å². The van der Waals surface area contributed by atoms with Crippen molar-refractivity contribution in [1.29, 1.82) is 0 Å². The van der Waals surface area contributed by atoms with Crippen molar-refractivity contribution < 1.29 is 29.0 Å². The minimum Gasteiger partial charge on any atom is -0.465 e. The summed E-state index contributed by atoms with van der Waals surface area (Å²) < 4.78 is 9.39. The van der Waals surface area contributed by atoms with Crippen molar-refractivity contribution in [3.05, 3.63) is 12.2 Å². The molecule has 108 valence electrons. The highest BCUT2D eigenvalue weighted by Crippen LogP contribution is 1.91. The van der Waals surface area contributed by atoms with Crippen molar-refractivity contribution in [2.45, 2.75) is 19.9 Å². The SMILES string of the molecule is C=C(C)C(=O)OCCOC(=O)NCC(C)NC(=O)O. The highest BCUT2D eigenvalue weighted by Gasteiger charge is 2.08. The predicted molar refractivity (Wildman–Crippen MR) is 65.7 cm³/mol. The van der Waals surface area contributed by atoms with Crippen molar-refractivity contribution in [3.8, 4) is 0 Å². The Hall–Kier alpha value is -2.25. The number of carbonyl (C=O) groups excluding carboxylic acids is 2. The van der Waals surface area contributed by atoms with Gasteiger partial charge in [0.2, 0.25) is 0 Å². The maximum absolute atomic E-state index is 11.1. The average Bonchev–Trinajstić information content (AvgIpc) is 2.30. The molecule has 0 radical (unpaired) electrons. The lowest BCUT2D eigenvalue weighted by Gasteiger charge is -2.12. The zero-order chi connectivity index (χ0) is 14.8. The summed E-state index contributed by atoms with van der Waals surface area (Å²) in [4.78, 5) is 32.4. The van der Waals surface area contributed by atoms with Crippen LogP contribution in [-0.4, -0.2) is 49.1 Å². The number of amides is 2. The van der Waals surface area contributed by atoms with E-state index in [9.17, 15) is 14.4 Å². The molecule has 0 rings (SSSR count). The third kappa shape index (κ3) is 9.45. The van der Waals surface area contributed by atoms with E-state index in [1.54, 1.807) is 6.92 Å². The Balaban J connectivity index is 3.62. The summed E-state index contributed by atoms with van der Waals surface area (Å²) in [7, 11) is 0. The van der Waals surface area contributed by atoms with E-state index in [0.717, 1.165) is 0 Å². The van der Waals surface area contributed by atoms with Crippen LogP contribution in [0, 0.1) is 0 Å². The number of nitrogens with one attached hydrogen (secondary N) is 2. The van der Waals surface area contributed by atoms with Crippen LogP contribution in [0.1, 0.15) is 13.8 Å². The topological polar surface area (TPSA) is 114 Å². The fourth-order valence-corrected chi connectivity index (χ4v) is 0.941. The van der Waals surface area contributed by atoms with E-state index < -0.39 is 24.2 Å². The maximum Gasteiger partial charge on any atom is 0.407 e. The molecular weight excluding hydrogens is 256 g/mol. The second-order valence-electron chi connectivity index (χ2n) is 3.78. The van der Waals surface area contributed by atoms with Gasteiger partial charge in [0.25, 0.3) is 0 Å². The van der Waals surface area contributed by atoms with Gasteiger partial charge in [-0.05, 0) is 13.8 Å². The molecule has 0 aromatic carbocycles. The summed E-state index contributed by atoms with van der Waals surface area (Å²) in [6.45, 7) is 6.42. The lowest BCUT2D eigenvalue weighted by Crippen LogP contribution is -2.41. The molecule has 0 spiro atoms. The van der Waals surface area contributed by atoms with Gasteiger partial charge in [-0.25, -0.2) is 14.4 Å². The lowest BCUT2D eigenvalue weighted by atomic mass is 10.3. The highest BCUT2D eigenvalue weighted by atomic mass is 16.6. The first-order valence-electron chi connectivity index (χ1n) is 5.55. The number of alkyl carbamates (subject to hydrolysis) is 1. The summed E-state index contributed by atoms with van der Waals surface area (Å²) >= 11 is 0. The van der Waals surface area contributed by atoms with Crippen LogP contribution in [0.5, 0.6) is 0 Å². The Morgan fingerprint density at radius 3 is 2.37 bits per heavy atom. The first-order chi connectivity index (χ1) is 8.82. The molecule has 1 atom stereocenters. The van der Waals surface area contributed by atoms with Crippen molar-refractivity contribution in [3.63, 3.8) is 0 Å². The smallest absolute Gasteiger partial charge is 0.407 e. The predicted octanol–water partition coefficient (Wildman–Crippen LogP) is 0.488. The number of hydrogen-bond acceptors (Lipinski definition) is 5. The molecule has 0 aromatic rings. The summed E-state index contributed by atoms with van der Waals surface area (Å²) in [5.74, 6) is -0.553. The van der Waals surface area contributed by atoms with Gasteiger partial charge in [-0.3, -0.25) is 0 Å². The molecule has 19 heavy (non-hydrogen) atoms. The second-order valence-corrected chi connectivity index (χ2v) is 3.78. The molecule has 0 aliphatic carbocycles. The van der Waals surface area contributed by atoms with Crippen LogP contribution in [0.2, 0.25) is 0 Å². The van der Waals surface area contributed by atoms with E-state index in [1.165, 1.54) is 6.92 Å². The average molecular weight is 274 g/mol. The van der Waals surface area contributed by atoms with Crippen molar-refractivity contribution >= 4 is 18.2 Å². The lowest BCUT2D eigenvalue weighted by molar-refractivity contribution is -0.139. The van der Waals surface area contributed by atoms with Crippen molar-refractivity contribution in [2.24, 2.45) is 0 Å². The molecule has 0 heterocycles. The standard InChI is InChI=1S/C11H18N2O6/c1-7(2)9(14)18-4-5-19-11(17)12-6-8(3)13-10(15)16/h8,13H,1,4-6H2,2-3H3,(H,12,17)(H,15,16). The molecule has 3 N–H and O–H groups in total. The third-order valence-corrected chi connectivity index (χ3v) is 1.82. The van der Waals surface area contributed by atoms with E-state index in [1.807, 2.05) is 0 Å². The second kappa shape index (κ2) is 8.78. The minimum absolute atomic E-state index is 0.0674. The quantitative estimate of drug-likeness (QED) is 0.353.